The van der Waals surface area contributed by atoms with E-state index in [1.165, 1.54) is 19.3 Å². The Balaban J connectivity index is 1.99. The third-order valence-corrected chi connectivity index (χ3v) is 3.23. The number of hydrogen-bond acceptors (Lipinski definition) is 3. The van der Waals surface area contributed by atoms with Gasteiger partial charge in [0.25, 0.3) is 0 Å². The van der Waals surface area contributed by atoms with Crippen LogP contribution in [0.1, 0.15) is 50.2 Å². The van der Waals surface area contributed by atoms with E-state index in [1.807, 2.05) is 18.5 Å². The Labute approximate surface area is 95.2 Å². The van der Waals surface area contributed by atoms with Gasteiger partial charge in [-0.2, -0.15) is 0 Å². The first kappa shape index (κ1) is 11.1. The smallest absolute Gasteiger partial charge is 0.220 e. The first-order valence-electron chi connectivity index (χ1n) is 5.87. The first-order valence-corrected chi connectivity index (χ1v) is 5.87. The van der Waals surface area contributed by atoms with Crippen molar-refractivity contribution < 1.29 is 4.79 Å². The molecule has 0 aliphatic heterocycles. The van der Waals surface area contributed by atoms with Gasteiger partial charge in [0, 0.05) is 19.4 Å². The fourth-order valence-electron chi connectivity index (χ4n) is 1.85. The first-order chi connectivity index (χ1) is 7.72. The van der Waals surface area contributed by atoms with Gasteiger partial charge in [-0.25, -0.2) is 0 Å². The Morgan fingerprint density at radius 1 is 1.50 bits per heavy atom. The largest absolute Gasteiger partial charge is 0.349 e. The van der Waals surface area contributed by atoms with E-state index < -0.39 is 0 Å². The molecular formula is C11H18N4O. The summed E-state index contributed by atoms with van der Waals surface area (Å²) in [4.78, 5) is 11.1. The Hall–Kier alpha value is -1.39. The quantitative estimate of drug-likeness (QED) is 0.830. The highest BCUT2D eigenvalue weighted by atomic mass is 16.1. The summed E-state index contributed by atoms with van der Waals surface area (Å²) < 4.78 is 2.01. The predicted octanol–water partition coefficient (Wildman–Crippen LogP) is 1.11. The van der Waals surface area contributed by atoms with Crippen molar-refractivity contribution >= 4 is 5.91 Å². The van der Waals surface area contributed by atoms with E-state index in [4.69, 9.17) is 0 Å². The molecule has 1 aliphatic carbocycles. The van der Waals surface area contributed by atoms with Crippen LogP contribution in [-0.4, -0.2) is 20.7 Å². The molecule has 1 aromatic heterocycles. The molecule has 0 saturated heterocycles. The van der Waals surface area contributed by atoms with E-state index in [2.05, 4.69) is 15.5 Å². The van der Waals surface area contributed by atoms with E-state index >= 15 is 0 Å². The highest BCUT2D eigenvalue weighted by Crippen LogP contribution is 2.34. The van der Waals surface area contributed by atoms with Crippen LogP contribution in [0.15, 0.2) is 0 Å². The topological polar surface area (TPSA) is 59.8 Å². The van der Waals surface area contributed by atoms with Crippen molar-refractivity contribution in [1.29, 1.82) is 0 Å². The van der Waals surface area contributed by atoms with Gasteiger partial charge in [0.1, 0.15) is 5.82 Å². The minimum atomic E-state index is 0.0493. The van der Waals surface area contributed by atoms with E-state index in [0.717, 1.165) is 11.6 Å². The Morgan fingerprint density at radius 3 is 2.81 bits per heavy atom. The Morgan fingerprint density at radius 2 is 2.25 bits per heavy atom. The molecule has 1 N–H and O–H groups in total. The van der Waals surface area contributed by atoms with Gasteiger partial charge in [0.05, 0.1) is 6.54 Å². The summed E-state index contributed by atoms with van der Waals surface area (Å²) in [5, 5.41) is 11.1. The zero-order valence-corrected chi connectivity index (χ0v) is 9.86. The predicted molar refractivity (Wildman–Crippen MR) is 59.7 cm³/mol. The van der Waals surface area contributed by atoms with Gasteiger partial charge in [0.2, 0.25) is 5.91 Å². The fraction of sp³-hybridized carbons (Fsp3) is 0.727. The third kappa shape index (κ3) is 2.08. The summed E-state index contributed by atoms with van der Waals surface area (Å²) in [5.74, 6) is 2.53. The second-order valence-corrected chi connectivity index (χ2v) is 4.29. The molecule has 5 nitrogen and oxygen atoms in total. The van der Waals surface area contributed by atoms with Crippen LogP contribution in [0.2, 0.25) is 0 Å². The molecule has 88 valence electrons. The molecule has 1 saturated carbocycles. The standard InChI is InChI=1S/C11H18N4O/c1-3-10(16)12-7-9-13-14-11(15(9)2)8-5-4-6-8/h8H,3-7H2,1-2H3,(H,12,16). The lowest BCUT2D eigenvalue weighted by Crippen LogP contribution is -2.23. The van der Waals surface area contributed by atoms with Gasteiger partial charge >= 0.3 is 0 Å². The summed E-state index contributed by atoms with van der Waals surface area (Å²) in [6.07, 6.45) is 4.23. The summed E-state index contributed by atoms with van der Waals surface area (Å²) >= 11 is 0. The Kier molecular flexibility index (Phi) is 3.22. The van der Waals surface area contributed by atoms with Crippen LogP contribution in [0.4, 0.5) is 0 Å². The monoisotopic (exact) mass is 222 g/mol. The second-order valence-electron chi connectivity index (χ2n) is 4.29. The molecular weight excluding hydrogens is 204 g/mol. The Bertz CT molecular complexity index is 381. The van der Waals surface area contributed by atoms with Gasteiger partial charge in [-0.15, -0.1) is 10.2 Å². The average molecular weight is 222 g/mol. The van der Waals surface area contributed by atoms with E-state index in [0.29, 0.717) is 18.9 Å². The molecule has 5 heteroatoms. The second kappa shape index (κ2) is 4.63. The van der Waals surface area contributed by atoms with Gasteiger partial charge in [-0.05, 0) is 12.8 Å². The number of nitrogens with zero attached hydrogens (tertiary/aromatic N) is 3. The zero-order valence-electron chi connectivity index (χ0n) is 9.86. The minimum absolute atomic E-state index is 0.0493. The molecule has 1 aromatic rings. The number of rotatable bonds is 4. The van der Waals surface area contributed by atoms with Gasteiger partial charge in [-0.3, -0.25) is 4.79 Å². The van der Waals surface area contributed by atoms with E-state index in [9.17, 15) is 4.79 Å². The highest BCUT2D eigenvalue weighted by molar-refractivity contribution is 5.75. The molecule has 0 spiro atoms. The van der Waals surface area contributed by atoms with Crippen LogP contribution in [0.25, 0.3) is 0 Å². The van der Waals surface area contributed by atoms with Crippen LogP contribution in [-0.2, 0) is 18.4 Å². The number of amides is 1. The van der Waals surface area contributed by atoms with Crippen LogP contribution in [0, 0.1) is 0 Å². The molecule has 0 radical (unpaired) electrons. The number of carbonyl (C=O) groups is 1. The number of nitrogens with one attached hydrogen (secondary N) is 1. The van der Waals surface area contributed by atoms with Crippen molar-refractivity contribution in [3.05, 3.63) is 11.6 Å². The lowest BCUT2D eigenvalue weighted by molar-refractivity contribution is -0.120. The van der Waals surface area contributed by atoms with Crippen molar-refractivity contribution in [2.24, 2.45) is 7.05 Å². The molecule has 0 aromatic carbocycles. The molecule has 1 aliphatic rings. The molecule has 16 heavy (non-hydrogen) atoms. The number of aromatic nitrogens is 3. The molecule has 1 amide bonds. The lowest BCUT2D eigenvalue weighted by Gasteiger charge is -2.24. The lowest BCUT2D eigenvalue weighted by atomic mass is 9.85. The van der Waals surface area contributed by atoms with Gasteiger partial charge in [0.15, 0.2) is 5.82 Å². The normalized spacial score (nSPS) is 15.9. The SMILES string of the molecule is CCC(=O)NCc1nnc(C2CCC2)n1C. The van der Waals surface area contributed by atoms with Crippen molar-refractivity contribution in [3.8, 4) is 0 Å². The van der Waals surface area contributed by atoms with E-state index in [1.54, 1.807) is 0 Å². The maximum atomic E-state index is 11.1. The molecule has 0 bridgehead atoms. The summed E-state index contributed by atoms with van der Waals surface area (Å²) in [5.41, 5.74) is 0. The van der Waals surface area contributed by atoms with Crippen LogP contribution in [0.3, 0.4) is 0 Å². The third-order valence-electron chi connectivity index (χ3n) is 3.23. The molecule has 0 unspecified atom stereocenters. The summed E-state index contributed by atoms with van der Waals surface area (Å²) in [6.45, 7) is 2.31. The van der Waals surface area contributed by atoms with E-state index in [-0.39, 0.29) is 5.91 Å². The average Bonchev–Trinajstić information content (AvgIpc) is 2.55. The maximum absolute atomic E-state index is 11.1. The number of hydrogen-bond donors (Lipinski definition) is 1. The minimum Gasteiger partial charge on any atom is -0.349 e. The molecule has 1 fully saturated rings. The molecule has 1 heterocycles. The number of carbonyl (C=O) groups excluding carboxylic acids is 1. The van der Waals surface area contributed by atoms with Crippen LogP contribution >= 0.6 is 0 Å². The van der Waals surface area contributed by atoms with Crippen molar-refractivity contribution in [1.82, 2.24) is 20.1 Å². The zero-order chi connectivity index (χ0) is 11.5. The maximum Gasteiger partial charge on any atom is 0.220 e. The summed E-state index contributed by atoms with van der Waals surface area (Å²) in [6, 6.07) is 0. The van der Waals surface area contributed by atoms with Gasteiger partial charge < -0.3 is 9.88 Å². The fourth-order valence-corrected chi connectivity index (χ4v) is 1.85. The molecule has 2 rings (SSSR count). The van der Waals surface area contributed by atoms with Crippen molar-refractivity contribution in [2.75, 3.05) is 0 Å². The molecule has 0 atom stereocenters. The van der Waals surface area contributed by atoms with Crippen LogP contribution in [0.5, 0.6) is 0 Å². The highest BCUT2D eigenvalue weighted by Gasteiger charge is 2.25. The van der Waals surface area contributed by atoms with Crippen molar-refractivity contribution in [3.63, 3.8) is 0 Å². The summed E-state index contributed by atoms with van der Waals surface area (Å²) in [7, 11) is 1.97. The van der Waals surface area contributed by atoms with Crippen LogP contribution < -0.4 is 5.32 Å². The van der Waals surface area contributed by atoms with Gasteiger partial charge in [-0.1, -0.05) is 13.3 Å². The van der Waals surface area contributed by atoms with Crippen molar-refractivity contribution in [2.45, 2.75) is 45.1 Å².